The fraction of sp³-hybridized carbons (Fsp3) is 0.667. The highest BCUT2D eigenvalue weighted by molar-refractivity contribution is 5.85. The summed E-state index contributed by atoms with van der Waals surface area (Å²) in [5.74, 6) is -1.03. The van der Waals surface area contributed by atoms with Gasteiger partial charge in [-0.05, 0) is 25.7 Å². The van der Waals surface area contributed by atoms with Gasteiger partial charge in [0.25, 0.3) is 0 Å². The molecule has 1 aliphatic carbocycles. The molecule has 6 nitrogen and oxygen atoms in total. The average Bonchev–Trinajstić information content (AvgIpc) is 2.68. The van der Waals surface area contributed by atoms with Crippen molar-refractivity contribution in [2.75, 3.05) is 0 Å². The Hall–Kier alpha value is -1.14. The Balaban J connectivity index is 0.00000128. The third kappa shape index (κ3) is 2.70. The maximum absolute atomic E-state index is 10.6. The van der Waals surface area contributed by atoms with Crippen LogP contribution >= 0.6 is 12.4 Å². The van der Waals surface area contributed by atoms with E-state index >= 15 is 0 Å². The molecule has 0 bridgehead atoms. The standard InChI is InChI=1S/C9H14N4O2.ClH/c10-6-1-3-7(4-2-6)13-5-8(9(14)15)11-12-13;/h5-7H,1-4,10H2,(H,14,15);1H. The van der Waals surface area contributed by atoms with E-state index in [9.17, 15) is 4.79 Å². The van der Waals surface area contributed by atoms with Gasteiger partial charge in [0.1, 0.15) is 0 Å². The molecule has 90 valence electrons. The molecule has 0 amide bonds. The number of rotatable bonds is 2. The minimum absolute atomic E-state index is 0. The van der Waals surface area contributed by atoms with Gasteiger partial charge in [0, 0.05) is 6.04 Å². The van der Waals surface area contributed by atoms with Crippen molar-refractivity contribution in [3.8, 4) is 0 Å². The Labute approximate surface area is 99.2 Å². The van der Waals surface area contributed by atoms with Crippen LogP contribution in [0.3, 0.4) is 0 Å². The molecule has 2 rings (SSSR count). The second kappa shape index (κ2) is 5.27. The van der Waals surface area contributed by atoms with E-state index in [4.69, 9.17) is 10.8 Å². The van der Waals surface area contributed by atoms with Gasteiger partial charge in [0.15, 0.2) is 5.69 Å². The molecule has 0 spiro atoms. The van der Waals surface area contributed by atoms with Crippen LogP contribution in [0.5, 0.6) is 0 Å². The molecule has 0 atom stereocenters. The van der Waals surface area contributed by atoms with Gasteiger partial charge >= 0.3 is 5.97 Å². The van der Waals surface area contributed by atoms with Crippen molar-refractivity contribution < 1.29 is 9.90 Å². The molecule has 0 unspecified atom stereocenters. The van der Waals surface area contributed by atoms with Crippen LogP contribution in [-0.4, -0.2) is 32.1 Å². The summed E-state index contributed by atoms with van der Waals surface area (Å²) in [5.41, 5.74) is 5.79. The zero-order valence-corrected chi connectivity index (χ0v) is 9.56. The van der Waals surface area contributed by atoms with Gasteiger partial charge in [-0.3, -0.25) is 0 Å². The molecule has 0 radical (unpaired) electrons. The molecule has 1 aromatic heterocycles. The summed E-state index contributed by atoms with van der Waals surface area (Å²) in [6.45, 7) is 0. The topological polar surface area (TPSA) is 94.0 Å². The summed E-state index contributed by atoms with van der Waals surface area (Å²) in [7, 11) is 0. The quantitative estimate of drug-likeness (QED) is 0.807. The van der Waals surface area contributed by atoms with Crippen LogP contribution in [0, 0.1) is 0 Å². The van der Waals surface area contributed by atoms with Crippen LogP contribution in [0.25, 0.3) is 0 Å². The predicted molar refractivity (Wildman–Crippen MR) is 59.7 cm³/mol. The molecule has 1 aliphatic rings. The SMILES string of the molecule is Cl.NC1CCC(n2cc(C(=O)O)nn2)CC1. The van der Waals surface area contributed by atoms with Gasteiger partial charge in [0.05, 0.1) is 12.2 Å². The molecular weight excluding hydrogens is 232 g/mol. The van der Waals surface area contributed by atoms with Crippen molar-refractivity contribution in [3.63, 3.8) is 0 Å². The Kier molecular flexibility index (Phi) is 4.26. The van der Waals surface area contributed by atoms with E-state index in [0.29, 0.717) is 0 Å². The highest BCUT2D eigenvalue weighted by atomic mass is 35.5. The van der Waals surface area contributed by atoms with Crippen molar-refractivity contribution in [3.05, 3.63) is 11.9 Å². The highest BCUT2D eigenvalue weighted by Gasteiger charge is 2.21. The Bertz CT molecular complexity index is 360. The Morgan fingerprint density at radius 2 is 2.06 bits per heavy atom. The lowest BCUT2D eigenvalue weighted by molar-refractivity contribution is 0.0690. The number of hydrogen-bond donors (Lipinski definition) is 2. The normalized spacial score (nSPS) is 24.8. The second-order valence-electron chi connectivity index (χ2n) is 3.96. The Morgan fingerprint density at radius 3 is 2.56 bits per heavy atom. The van der Waals surface area contributed by atoms with E-state index in [0.717, 1.165) is 25.7 Å². The van der Waals surface area contributed by atoms with E-state index in [2.05, 4.69) is 10.3 Å². The number of aromatic nitrogens is 3. The molecule has 1 fully saturated rings. The number of nitrogens with two attached hydrogens (primary N) is 1. The van der Waals surface area contributed by atoms with E-state index in [1.54, 1.807) is 4.68 Å². The molecule has 7 heteroatoms. The first-order valence-corrected chi connectivity index (χ1v) is 5.07. The summed E-state index contributed by atoms with van der Waals surface area (Å²) in [6.07, 6.45) is 5.32. The van der Waals surface area contributed by atoms with Crippen molar-refractivity contribution >= 4 is 18.4 Å². The third-order valence-electron chi connectivity index (χ3n) is 2.84. The largest absolute Gasteiger partial charge is 0.476 e. The van der Waals surface area contributed by atoms with Crippen LogP contribution < -0.4 is 5.73 Å². The van der Waals surface area contributed by atoms with Crippen molar-refractivity contribution in [1.82, 2.24) is 15.0 Å². The van der Waals surface area contributed by atoms with Crippen molar-refractivity contribution in [1.29, 1.82) is 0 Å². The predicted octanol–water partition coefficient (Wildman–Crippen LogP) is 0.841. The lowest BCUT2D eigenvalue weighted by Gasteiger charge is -2.25. The number of carboxylic acids is 1. The van der Waals surface area contributed by atoms with Gasteiger partial charge in [-0.2, -0.15) is 0 Å². The van der Waals surface area contributed by atoms with E-state index in [-0.39, 0.29) is 30.2 Å². The minimum Gasteiger partial charge on any atom is -0.476 e. The van der Waals surface area contributed by atoms with E-state index < -0.39 is 5.97 Å². The molecule has 16 heavy (non-hydrogen) atoms. The molecule has 1 aromatic rings. The third-order valence-corrected chi connectivity index (χ3v) is 2.84. The number of nitrogens with zero attached hydrogens (tertiary/aromatic N) is 3. The van der Waals surface area contributed by atoms with Crippen molar-refractivity contribution in [2.24, 2.45) is 5.73 Å². The van der Waals surface area contributed by atoms with Crippen LogP contribution in [0.2, 0.25) is 0 Å². The first kappa shape index (κ1) is 12.9. The molecule has 0 saturated heterocycles. The zero-order valence-electron chi connectivity index (χ0n) is 8.74. The van der Waals surface area contributed by atoms with Crippen LogP contribution in [0.1, 0.15) is 42.2 Å². The summed E-state index contributed by atoms with van der Waals surface area (Å²) in [5, 5.41) is 16.1. The minimum atomic E-state index is -1.03. The van der Waals surface area contributed by atoms with E-state index in [1.165, 1.54) is 6.20 Å². The number of hydrogen-bond acceptors (Lipinski definition) is 4. The maximum Gasteiger partial charge on any atom is 0.358 e. The fourth-order valence-electron chi connectivity index (χ4n) is 1.92. The monoisotopic (exact) mass is 246 g/mol. The maximum atomic E-state index is 10.6. The lowest BCUT2D eigenvalue weighted by Crippen LogP contribution is -2.28. The average molecular weight is 247 g/mol. The molecule has 0 aliphatic heterocycles. The summed E-state index contributed by atoms with van der Waals surface area (Å²) < 4.78 is 1.65. The van der Waals surface area contributed by atoms with Crippen LogP contribution in [0.4, 0.5) is 0 Å². The highest BCUT2D eigenvalue weighted by Crippen LogP contribution is 2.26. The fourth-order valence-corrected chi connectivity index (χ4v) is 1.92. The Morgan fingerprint density at radius 1 is 1.44 bits per heavy atom. The lowest BCUT2D eigenvalue weighted by atomic mass is 9.92. The summed E-state index contributed by atoms with van der Waals surface area (Å²) in [4.78, 5) is 10.6. The molecule has 0 aromatic carbocycles. The molecule has 1 saturated carbocycles. The molecular formula is C9H15ClN4O2. The van der Waals surface area contributed by atoms with Crippen LogP contribution in [-0.2, 0) is 0 Å². The molecule has 3 N–H and O–H groups in total. The molecule has 1 heterocycles. The number of aromatic carboxylic acids is 1. The van der Waals surface area contributed by atoms with Gasteiger partial charge in [-0.1, -0.05) is 5.21 Å². The van der Waals surface area contributed by atoms with E-state index in [1.807, 2.05) is 0 Å². The van der Waals surface area contributed by atoms with Gasteiger partial charge in [-0.25, -0.2) is 9.48 Å². The second-order valence-corrected chi connectivity index (χ2v) is 3.96. The smallest absolute Gasteiger partial charge is 0.358 e. The number of carbonyl (C=O) groups is 1. The van der Waals surface area contributed by atoms with Crippen LogP contribution in [0.15, 0.2) is 6.20 Å². The summed E-state index contributed by atoms with van der Waals surface area (Å²) >= 11 is 0. The van der Waals surface area contributed by atoms with Gasteiger partial charge in [0.2, 0.25) is 0 Å². The first-order chi connectivity index (χ1) is 7.16. The summed E-state index contributed by atoms with van der Waals surface area (Å²) in [6, 6.07) is 0.536. The van der Waals surface area contributed by atoms with Crippen molar-refractivity contribution in [2.45, 2.75) is 37.8 Å². The zero-order chi connectivity index (χ0) is 10.8. The van der Waals surface area contributed by atoms with Gasteiger partial charge in [-0.15, -0.1) is 17.5 Å². The number of carboxylic acid groups (broad SMARTS) is 1. The number of halogens is 1. The first-order valence-electron chi connectivity index (χ1n) is 5.07. The van der Waals surface area contributed by atoms with Gasteiger partial charge < -0.3 is 10.8 Å².